The Kier molecular flexibility index (Phi) is 9.88. The largest absolute Gasteiger partial charge is 0.465 e. The molecule has 0 radical (unpaired) electrons. The highest BCUT2D eigenvalue weighted by molar-refractivity contribution is 9.10. The van der Waals surface area contributed by atoms with Gasteiger partial charge in [-0.2, -0.15) is 3.71 Å². The summed E-state index contributed by atoms with van der Waals surface area (Å²) in [5.74, 6) is -1.85. The SMILES string of the molecule is COC(=O)c1cc(C(=O)OC)cc(N(S(=O)(=O)/C=C/c2cccc(Br)c2)S(=O)(=O)/C=C/c2cccc(Br)c2)c1. The summed E-state index contributed by atoms with van der Waals surface area (Å²) < 4.78 is 65.2. The van der Waals surface area contributed by atoms with Crippen molar-refractivity contribution in [1.29, 1.82) is 0 Å². The minimum absolute atomic E-state index is 0.127. The third-order valence-electron chi connectivity index (χ3n) is 5.00. The van der Waals surface area contributed by atoms with E-state index in [9.17, 15) is 26.4 Å². The molecule has 0 spiro atoms. The number of rotatable bonds is 9. The van der Waals surface area contributed by atoms with E-state index in [4.69, 9.17) is 9.47 Å². The fourth-order valence-corrected chi connectivity index (χ4v) is 7.26. The van der Waals surface area contributed by atoms with Crippen molar-refractivity contribution in [2.75, 3.05) is 17.9 Å². The van der Waals surface area contributed by atoms with E-state index >= 15 is 0 Å². The van der Waals surface area contributed by atoms with Gasteiger partial charge in [-0.05, 0) is 65.7 Å². The van der Waals surface area contributed by atoms with E-state index in [1.807, 2.05) is 0 Å². The highest BCUT2D eigenvalue weighted by atomic mass is 79.9. The van der Waals surface area contributed by atoms with Crippen LogP contribution in [0.3, 0.4) is 0 Å². The fraction of sp³-hybridized carbons (Fsp3) is 0.0769. The second kappa shape index (κ2) is 12.7. The molecule has 204 valence electrons. The molecule has 0 unspecified atom stereocenters. The maximum Gasteiger partial charge on any atom is 0.337 e. The molecule has 0 aliphatic carbocycles. The van der Waals surface area contributed by atoms with Crippen LogP contribution in [-0.4, -0.2) is 43.0 Å². The van der Waals surface area contributed by atoms with Gasteiger partial charge < -0.3 is 9.47 Å². The van der Waals surface area contributed by atoms with Crippen molar-refractivity contribution in [3.63, 3.8) is 0 Å². The molecule has 9 nitrogen and oxygen atoms in total. The molecule has 0 aliphatic heterocycles. The molecule has 13 heteroatoms. The summed E-state index contributed by atoms with van der Waals surface area (Å²) >= 11 is 6.59. The number of hydrogen-bond acceptors (Lipinski definition) is 8. The Morgan fingerprint density at radius 3 is 1.46 bits per heavy atom. The maximum atomic E-state index is 13.6. The molecule has 0 N–H and O–H groups in total. The molecule has 0 bridgehead atoms. The lowest BCUT2D eigenvalue weighted by molar-refractivity contribution is 0.0599. The predicted molar refractivity (Wildman–Crippen MR) is 156 cm³/mol. The highest BCUT2D eigenvalue weighted by Crippen LogP contribution is 2.29. The molecule has 0 amide bonds. The Balaban J connectivity index is 2.24. The van der Waals surface area contributed by atoms with Crippen LogP contribution in [0, 0.1) is 0 Å². The van der Waals surface area contributed by atoms with Crippen LogP contribution in [0.1, 0.15) is 31.8 Å². The summed E-state index contributed by atoms with van der Waals surface area (Å²) in [5, 5.41) is 1.42. The molecule has 0 heterocycles. The van der Waals surface area contributed by atoms with Crippen LogP contribution in [0.5, 0.6) is 0 Å². The Labute approximate surface area is 243 Å². The number of anilines is 1. The van der Waals surface area contributed by atoms with Gasteiger partial charge in [0.1, 0.15) is 0 Å². The lowest BCUT2D eigenvalue weighted by Crippen LogP contribution is -2.34. The minimum atomic E-state index is -4.77. The number of carbonyl (C=O) groups excluding carboxylic acids is 2. The lowest BCUT2D eigenvalue weighted by atomic mass is 10.1. The van der Waals surface area contributed by atoms with Crippen LogP contribution >= 0.6 is 31.9 Å². The van der Waals surface area contributed by atoms with Gasteiger partial charge >= 0.3 is 11.9 Å². The lowest BCUT2D eigenvalue weighted by Gasteiger charge is -2.22. The van der Waals surface area contributed by atoms with Crippen molar-refractivity contribution < 1.29 is 35.9 Å². The summed E-state index contributed by atoms with van der Waals surface area (Å²) in [6.07, 6.45) is 2.43. The molecule has 3 rings (SSSR count). The van der Waals surface area contributed by atoms with Gasteiger partial charge in [-0.15, -0.1) is 0 Å². The molecular formula is C26H21Br2NO8S2. The predicted octanol–water partition coefficient (Wildman–Crippen LogP) is 5.59. The van der Waals surface area contributed by atoms with Gasteiger partial charge in [-0.1, -0.05) is 56.1 Å². The quantitative estimate of drug-likeness (QED) is 0.265. The first-order valence-electron chi connectivity index (χ1n) is 10.9. The number of esters is 2. The number of benzene rings is 3. The molecule has 3 aromatic carbocycles. The standard InChI is InChI=1S/C26H21Br2NO8S2/c1-36-25(30)20-15-21(26(31)37-2)17-24(16-20)29(38(32,33)11-9-18-5-3-7-22(27)13-18)39(34,35)12-10-19-6-4-8-23(28)14-19/h3-17H,1-2H3/b11-9+,12-10+. The number of methoxy groups -OCH3 is 2. The average Bonchev–Trinajstić information content (AvgIpc) is 2.89. The monoisotopic (exact) mass is 697 g/mol. The van der Waals surface area contributed by atoms with Gasteiger partial charge in [0.15, 0.2) is 0 Å². The Morgan fingerprint density at radius 2 is 1.10 bits per heavy atom. The fourth-order valence-electron chi connectivity index (χ4n) is 3.29. The maximum absolute atomic E-state index is 13.6. The zero-order chi connectivity index (χ0) is 28.8. The van der Waals surface area contributed by atoms with Crippen molar-refractivity contribution in [3.05, 3.63) is 109 Å². The van der Waals surface area contributed by atoms with E-state index in [-0.39, 0.29) is 14.8 Å². The molecule has 0 aromatic heterocycles. The molecule has 0 saturated heterocycles. The van der Waals surface area contributed by atoms with E-state index in [1.165, 1.54) is 12.2 Å². The van der Waals surface area contributed by atoms with E-state index in [0.29, 0.717) is 30.9 Å². The topological polar surface area (TPSA) is 124 Å². The molecule has 39 heavy (non-hydrogen) atoms. The average molecular weight is 699 g/mol. The summed E-state index contributed by atoms with van der Waals surface area (Å²) in [6.45, 7) is 0. The van der Waals surface area contributed by atoms with Crippen LogP contribution < -0.4 is 3.71 Å². The van der Waals surface area contributed by atoms with Gasteiger partial charge in [-0.3, -0.25) is 0 Å². The first kappa shape index (κ1) is 30.3. The van der Waals surface area contributed by atoms with Crippen molar-refractivity contribution in [1.82, 2.24) is 0 Å². The highest BCUT2D eigenvalue weighted by Gasteiger charge is 2.33. The summed E-state index contributed by atoms with van der Waals surface area (Å²) in [4.78, 5) is 24.6. The Bertz CT molecular complexity index is 1560. The smallest absolute Gasteiger partial charge is 0.337 e. The molecule has 0 fully saturated rings. The summed E-state index contributed by atoms with van der Waals surface area (Å²) in [7, 11) is -7.37. The van der Waals surface area contributed by atoms with Crippen molar-refractivity contribution in [3.8, 4) is 0 Å². The van der Waals surface area contributed by atoms with E-state index in [2.05, 4.69) is 31.9 Å². The molecule has 0 saturated carbocycles. The first-order chi connectivity index (χ1) is 18.4. The van der Waals surface area contributed by atoms with Crippen molar-refractivity contribution in [2.24, 2.45) is 0 Å². The normalized spacial score (nSPS) is 12.0. The summed E-state index contributed by atoms with van der Waals surface area (Å²) in [6, 6.07) is 16.4. The zero-order valence-electron chi connectivity index (χ0n) is 20.4. The van der Waals surface area contributed by atoms with Gasteiger partial charge in [0, 0.05) is 8.95 Å². The molecule has 0 atom stereocenters. The van der Waals surface area contributed by atoms with Crippen LogP contribution in [0.25, 0.3) is 12.2 Å². The molecule has 0 aliphatic rings. The second-order valence-electron chi connectivity index (χ2n) is 7.75. The minimum Gasteiger partial charge on any atom is -0.465 e. The first-order valence-corrected chi connectivity index (χ1v) is 15.4. The third kappa shape index (κ3) is 7.88. The van der Waals surface area contributed by atoms with E-state index in [0.717, 1.165) is 32.4 Å². The van der Waals surface area contributed by atoms with Crippen LogP contribution in [-0.2, 0) is 29.5 Å². The van der Waals surface area contributed by atoms with Gasteiger partial charge in [0.2, 0.25) is 0 Å². The number of hydrogen-bond donors (Lipinski definition) is 0. The number of nitrogens with zero attached hydrogens (tertiary/aromatic N) is 1. The third-order valence-corrected chi connectivity index (χ3v) is 9.53. The van der Waals surface area contributed by atoms with Gasteiger partial charge in [0.25, 0.3) is 20.0 Å². The van der Waals surface area contributed by atoms with Gasteiger partial charge in [-0.25, -0.2) is 26.4 Å². The van der Waals surface area contributed by atoms with E-state index in [1.54, 1.807) is 48.5 Å². The van der Waals surface area contributed by atoms with E-state index < -0.39 is 37.7 Å². The second-order valence-corrected chi connectivity index (χ2v) is 13.2. The van der Waals surface area contributed by atoms with Gasteiger partial charge in [0.05, 0.1) is 41.8 Å². The number of ether oxygens (including phenoxy) is 2. The van der Waals surface area contributed by atoms with Crippen LogP contribution in [0.2, 0.25) is 0 Å². The van der Waals surface area contributed by atoms with Crippen LogP contribution in [0.15, 0.2) is 86.5 Å². The Hall–Kier alpha value is -3.26. The van der Waals surface area contributed by atoms with Crippen LogP contribution in [0.4, 0.5) is 5.69 Å². The zero-order valence-corrected chi connectivity index (χ0v) is 25.3. The van der Waals surface area contributed by atoms with Crippen molar-refractivity contribution in [2.45, 2.75) is 0 Å². The number of carbonyl (C=O) groups is 2. The Morgan fingerprint density at radius 1 is 0.692 bits per heavy atom. The number of halogens is 2. The number of sulfonamides is 2. The molecule has 3 aromatic rings. The van der Waals surface area contributed by atoms with Crippen molar-refractivity contribution >= 4 is 81.7 Å². The summed E-state index contributed by atoms with van der Waals surface area (Å²) in [5.41, 5.74) is -0.103. The molecular weight excluding hydrogens is 678 g/mol.